The molecule has 0 amide bonds. The van der Waals surface area contributed by atoms with Crippen LogP contribution in [0.3, 0.4) is 0 Å². The van der Waals surface area contributed by atoms with E-state index in [0.717, 1.165) is 21.9 Å². The fraction of sp³-hybridized carbons (Fsp3) is 0. The van der Waals surface area contributed by atoms with Crippen molar-refractivity contribution in [2.45, 2.75) is 0 Å². The third-order valence-electron chi connectivity index (χ3n) is 10.8. The summed E-state index contributed by atoms with van der Waals surface area (Å²) in [6.07, 6.45) is 0. The van der Waals surface area contributed by atoms with Crippen molar-refractivity contribution in [3.05, 3.63) is 182 Å². The van der Waals surface area contributed by atoms with Gasteiger partial charge in [0.2, 0.25) is 0 Å². The molecule has 0 aliphatic rings. The van der Waals surface area contributed by atoms with Crippen molar-refractivity contribution in [2.24, 2.45) is 0 Å². The van der Waals surface area contributed by atoms with Crippen LogP contribution in [0.5, 0.6) is 0 Å². The largest absolute Gasteiger partial charge is 0.456 e. The van der Waals surface area contributed by atoms with E-state index in [9.17, 15) is 0 Å². The minimum Gasteiger partial charge on any atom is -0.456 e. The number of rotatable bonds is 3. The highest BCUT2D eigenvalue weighted by atomic mass is 16.3. The van der Waals surface area contributed by atoms with E-state index in [1.807, 2.05) is 12.1 Å². The third-order valence-corrected chi connectivity index (χ3v) is 10.8. The molecular formula is C50H30O. The quantitative estimate of drug-likeness (QED) is 0.138. The molecule has 1 heterocycles. The van der Waals surface area contributed by atoms with Crippen molar-refractivity contribution in [1.29, 1.82) is 0 Å². The van der Waals surface area contributed by atoms with Gasteiger partial charge in [-0.05, 0) is 118 Å². The van der Waals surface area contributed by atoms with Crippen LogP contribution in [-0.2, 0) is 0 Å². The van der Waals surface area contributed by atoms with Crippen LogP contribution in [0.2, 0.25) is 0 Å². The van der Waals surface area contributed by atoms with Gasteiger partial charge in [0.1, 0.15) is 11.2 Å². The topological polar surface area (TPSA) is 13.1 Å². The fourth-order valence-electron chi connectivity index (χ4n) is 8.57. The smallest absolute Gasteiger partial charge is 0.135 e. The van der Waals surface area contributed by atoms with Gasteiger partial charge in [-0.3, -0.25) is 0 Å². The molecule has 51 heavy (non-hydrogen) atoms. The lowest BCUT2D eigenvalue weighted by Crippen LogP contribution is -1.92. The lowest BCUT2D eigenvalue weighted by Gasteiger charge is -2.19. The molecule has 1 heteroatoms. The second-order valence-corrected chi connectivity index (χ2v) is 13.6. The van der Waals surface area contributed by atoms with E-state index in [-0.39, 0.29) is 0 Å². The van der Waals surface area contributed by atoms with Crippen molar-refractivity contribution >= 4 is 75.8 Å². The second-order valence-electron chi connectivity index (χ2n) is 13.6. The van der Waals surface area contributed by atoms with Gasteiger partial charge >= 0.3 is 0 Å². The Morgan fingerprint density at radius 1 is 0.216 bits per heavy atom. The lowest BCUT2D eigenvalue weighted by atomic mass is 9.84. The van der Waals surface area contributed by atoms with Gasteiger partial charge in [-0.25, -0.2) is 0 Å². The van der Waals surface area contributed by atoms with Crippen molar-refractivity contribution in [1.82, 2.24) is 0 Å². The molecule has 0 N–H and O–H groups in total. The Morgan fingerprint density at radius 3 is 1.22 bits per heavy atom. The van der Waals surface area contributed by atoms with Gasteiger partial charge < -0.3 is 4.42 Å². The van der Waals surface area contributed by atoms with Gasteiger partial charge in [-0.15, -0.1) is 0 Å². The van der Waals surface area contributed by atoms with E-state index >= 15 is 0 Å². The predicted molar refractivity (Wildman–Crippen MR) is 218 cm³/mol. The van der Waals surface area contributed by atoms with Crippen LogP contribution >= 0.6 is 0 Å². The van der Waals surface area contributed by atoms with E-state index in [1.165, 1.54) is 87.2 Å². The molecule has 11 aromatic rings. The minimum absolute atomic E-state index is 0.915. The molecule has 11 rings (SSSR count). The maximum Gasteiger partial charge on any atom is 0.135 e. The Kier molecular flexibility index (Phi) is 6.02. The molecule has 0 fully saturated rings. The molecule has 0 aliphatic carbocycles. The summed E-state index contributed by atoms with van der Waals surface area (Å²) >= 11 is 0. The molecule has 0 unspecified atom stereocenters. The van der Waals surface area contributed by atoms with E-state index in [1.54, 1.807) is 0 Å². The van der Waals surface area contributed by atoms with Crippen LogP contribution in [0.1, 0.15) is 0 Å². The van der Waals surface area contributed by atoms with Crippen LogP contribution < -0.4 is 0 Å². The zero-order chi connectivity index (χ0) is 33.5. The number of hydrogen-bond acceptors (Lipinski definition) is 1. The molecule has 0 bridgehead atoms. The van der Waals surface area contributed by atoms with E-state index in [0.29, 0.717) is 0 Å². The zero-order valence-electron chi connectivity index (χ0n) is 27.7. The maximum atomic E-state index is 6.14. The first kappa shape index (κ1) is 28.2. The molecule has 0 atom stereocenters. The summed E-state index contributed by atoms with van der Waals surface area (Å²) in [7, 11) is 0. The van der Waals surface area contributed by atoms with Crippen LogP contribution in [-0.4, -0.2) is 0 Å². The van der Waals surface area contributed by atoms with Gasteiger partial charge in [0.25, 0.3) is 0 Å². The lowest BCUT2D eigenvalue weighted by molar-refractivity contribution is 0.669. The molecule has 1 nitrogen and oxygen atoms in total. The number of para-hydroxylation sites is 1. The number of fused-ring (bicyclic) bond motifs is 11. The molecule has 0 spiro atoms. The van der Waals surface area contributed by atoms with Gasteiger partial charge in [0.05, 0.1) is 0 Å². The number of benzene rings is 10. The molecule has 0 radical (unpaired) electrons. The summed E-state index contributed by atoms with van der Waals surface area (Å²) in [5, 5.41) is 15.1. The van der Waals surface area contributed by atoms with Crippen molar-refractivity contribution < 1.29 is 4.42 Å². The SMILES string of the molecule is c1cc(-c2ccc3oc4ccccc4c3c2)cc(-c2c3ccccc3c(-c3ccc4c5ccccc5c5ccccc5c4c3)c3ccccc23)c1. The number of furan rings is 1. The van der Waals surface area contributed by atoms with Crippen LogP contribution in [0.25, 0.3) is 109 Å². The standard InChI is InChI=1S/C50H30O/c1-2-16-37-35(14-1)36-15-3-4-17-38(36)45-30-34(24-26-39(37)45)50-43-21-7-5-19-41(43)49(42-20-6-8-22-44(42)50)33-13-11-12-31(28-33)32-25-27-48-46(29-32)40-18-9-10-23-47(40)51-48/h1-30H. The highest BCUT2D eigenvalue weighted by molar-refractivity contribution is 6.27. The Labute approximate surface area is 294 Å². The Bertz CT molecular complexity index is 3100. The molecule has 1 aromatic heterocycles. The first-order chi connectivity index (χ1) is 25.3. The Balaban J connectivity index is 1.15. The summed E-state index contributed by atoms with van der Waals surface area (Å²) in [6.45, 7) is 0. The van der Waals surface area contributed by atoms with E-state index < -0.39 is 0 Å². The Hall–Kier alpha value is -6.70. The van der Waals surface area contributed by atoms with Gasteiger partial charge in [-0.2, -0.15) is 0 Å². The summed E-state index contributed by atoms with van der Waals surface area (Å²) in [5.74, 6) is 0. The van der Waals surface area contributed by atoms with Gasteiger partial charge in [0.15, 0.2) is 0 Å². The summed E-state index contributed by atoms with van der Waals surface area (Å²) in [4.78, 5) is 0. The van der Waals surface area contributed by atoms with Crippen molar-refractivity contribution in [3.63, 3.8) is 0 Å². The second kappa shape index (κ2) is 10.9. The zero-order valence-corrected chi connectivity index (χ0v) is 27.7. The summed E-state index contributed by atoms with van der Waals surface area (Å²) in [6, 6.07) is 66.4. The summed E-state index contributed by atoms with van der Waals surface area (Å²) < 4.78 is 6.14. The molecule has 10 aromatic carbocycles. The predicted octanol–water partition coefficient (Wildman–Crippen LogP) is 14.4. The van der Waals surface area contributed by atoms with Crippen LogP contribution in [0, 0.1) is 0 Å². The average molecular weight is 647 g/mol. The molecule has 0 saturated heterocycles. The fourth-order valence-corrected chi connectivity index (χ4v) is 8.57. The van der Waals surface area contributed by atoms with Crippen LogP contribution in [0.4, 0.5) is 0 Å². The van der Waals surface area contributed by atoms with Gasteiger partial charge in [0, 0.05) is 10.8 Å². The average Bonchev–Trinajstić information content (AvgIpc) is 3.58. The monoisotopic (exact) mass is 646 g/mol. The maximum absolute atomic E-state index is 6.14. The first-order valence-corrected chi connectivity index (χ1v) is 17.6. The molecule has 0 aliphatic heterocycles. The highest BCUT2D eigenvalue weighted by Crippen LogP contribution is 2.46. The number of hydrogen-bond donors (Lipinski definition) is 0. The highest BCUT2D eigenvalue weighted by Gasteiger charge is 2.18. The van der Waals surface area contributed by atoms with E-state index in [4.69, 9.17) is 4.42 Å². The van der Waals surface area contributed by atoms with E-state index in [2.05, 4.69) is 170 Å². The molecule has 236 valence electrons. The Morgan fingerprint density at radius 2 is 0.608 bits per heavy atom. The molecular weight excluding hydrogens is 617 g/mol. The normalized spacial score (nSPS) is 11.9. The third kappa shape index (κ3) is 4.22. The molecule has 0 saturated carbocycles. The van der Waals surface area contributed by atoms with Crippen LogP contribution in [0.15, 0.2) is 186 Å². The minimum atomic E-state index is 0.915. The van der Waals surface area contributed by atoms with Crippen molar-refractivity contribution in [3.8, 4) is 33.4 Å². The summed E-state index contributed by atoms with van der Waals surface area (Å²) in [5.41, 5.74) is 9.18. The van der Waals surface area contributed by atoms with Crippen molar-refractivity contribution in [2.75, 3.05) is 0 Å². The van der Waals surface area contributed by atoms with Gasteiger partial charge in [-0.1, -0.05) is 152 Å². The first-order valence-electron chi connectivity index (χ1n) is 17.6.